The van der Waals surface area contributed by atoms with E-state index >= 15 is 0 Å². The zero-order valence-corrected chi connectivity index (χ0v) is 14.3. The van der Waals surface area contributed by atoms with E-state index in [1.165, 1.54) is 6.07 Å². The van der Waals surface area contributed by atoms with Gasteiger partial charge in [0, 0.05) is 17.1 Å². The monoisotopic (exact) mass is 345 g/mol. The molecular weight excluding hydrogens is 322 g/mol. The van der Waals surface area contributed by atoms with Gasteiger partial charge >= 0.3 is 6.09 Å². The van der Waals surface area contributed by atoms with Crippen LogP contribution in [0.5, 0.6) is 0 Å². The average molecular weight is 346 g/mol. The first-order valence-corrected chi connectivity index (χ1v) is 7.74. The van der Waals surface area contributed by atoms with Crippen LogP contribution in [0.1, 0.15) is 44.4 Å². The van der Waals surface area contributed by atoms with E-state index in [2.05, 4.69) is 5.32 Å². The van der Waals surface area contributed by atoms with E-state index in [9.17, 15) is 15.0 Å². The Balaban J connectivity index is 2.54. The minimum Gasteiger partial charge on any atom is -0.444 e. The number of amides is 1. The van der Waals surface area contributed by atoms with Gasteiger partial charge in [0.25, 0.3) is 0 Å². The van der Waals surface area contributed by atoms with Crippen LogP contribution in [0.25, 0.3) is 0 Å². The van der Waals surface area contributed by atoms with Crippen molar-refractivity contribution in [3.8, 4) is 0 Å². The normalized spacial score (nSPS) is 14.2. The molecule has 0 spiro atoms. The van der Waals surface area contributed by atoms with Gasteiger partial charge in [-0.25, -0.2) is 4.79 Å². The smallest absolute Gasteiger partial charge is 0.407 e. The second-order valence-electron chi connectivity index (χ2n) is 6.24. The summed E-state index contributed by atoms with van der Waals surface area (Å²) in [5, 5.41) is 32.2. The van der Waals surface area contributed by atoms with Crippen LogP contribution in [-0.2, 0) is 11.3 Å². The Morgan fingerprint density at radius 1 is 1.35 bits per heavy atom. The molecule has 1 aromatic rings. The van der Waals surface area contributed by atoms with Gasteiger partial charge in [0.1, 0.15) is 11.7 Å². The first-order chi connectivity index (χ1) is 10.6. The number of hydrogen-bond donors (Lipinski definition) is 4. The summed E-state index contributed by atoms with van der Waals surface area (Å²) < 4.78 is 5.07. The fourth-order valence-corrected chi connectivity index (χ4v) is 2.15. The zero-order chi connectivity index (χ0) is 17.6. The second-order valence-corrected chi connectivity index (χ2v) is 6.65. The molecule has 0 aliphatic heterocycles. The fraction of sp³-hybridized carbons (Fsp3) is 0.562. The predicted octanol–water partition coefficient (Wildman–Crippen LogP) is 2.14. The number of benzene rings is 1. The summed E-state index contributed by atoms with van der Waals surface area (Å²) in [5.74, 6) is 0. The van der Waals surface area contributed by atoms with Crippen molar-refractivity contribution in [1.82, 2.24) is 5.32 Å². The molecule has 7 heteroatoms. The Morgan fingerprint density at radius 3 is 2.57 bits per heavy atom. The van der Waals surface area contributed by atoms with Crippen LogP contribution in [0.3, 0.4) is 0 Å². The van der Waals surface area contributed by atoms with Crippen molar-refractivity contribution in [1.29, 1.82) is 0 Å². The molecule has 1 aromatic carbocycles. The van der Waals surface area contributed by atoms with Crippen LogP contribution in [0, 0.1) is 0 Å². The lowest BCUT2D eigenvalue weighted by Crippen LogP contribution is -2.34. The van der Waals surface area contributed by atoms with Gasteiger partial charge in [-0.2, -0.15) is 0 Å². The lowest BCUT2D eigenvalue weighted by atomic mass is 10.00. The summed E-state index contributed by atoms with van der Waals surface area (Å²) >= 11 is 6.01. The first-order valence-electron chi connectivity index (χ1n) is 7.36. The first kappa shape index (κ1) is 19.7. The molecule has 0 aromatic heterocycles. The molecule has 2 unspecified atom stereocenters. The number of hydrogen-bond acceptors (Lipinski definition) is 5. The highest BCUT2D eigenvalue weighted by molar-refractivity contribution is 6.31. The van der Waals surface area contributed by atoms with Crippen molar-refractivity contribution in [2.45, 2.75) is 51.6 Å². The van der Waals surface area contributed by atoms with E-state index < -0.39 is 23.9 Å². The van der Waals surface area contributed by atoms with Crippen LogP contribution in [0.2, 0.25) is 5.02 Å². The number of aliphatic hydroxyl groups excluding tert-OH is 3. The maximum Gasteiger partial charge on any atom is 0.407 e. The van der Waals surface area contributed by atoms with Crippen LogP contribution < -0.4 is 5.32 Å². The molecule has 0 aliphatic carbocycles. The SMILES string of the molecule is CC(C)(C)OC(=O)NCCC(O)C(O)c1cc(CO)ccc1Cl. The van der Waals surface area contributed by atoms with Gasteiger partial charge in [-0.05, 0) is 44.9 Å². The van der Waals surface area contributed by atoms with Crippen molar-refractivity contribution in [3.63, 3.8) is 0 Å². The van der Waals surface area contributed by atoms with Crippen molar-refractivity contribution in [2.24, 2.45) is 0 Å². The lowest BCUT2D eigenvalue weighted by Gasteiger charge is -2.22. The Bertz CT molecular complexity index is 530. The summed E-state index contributed by atoms with van der Waals surface area (Å²) in [5.41, 5.74) is 0.325. The molecule has 4 N–H and O–H groups in total. The Morgan fingerprint density at radius 2 is 2.00 bits per heavy atom. The number of carbonyl (C=O) groups excluding carboxylic acids is 1. The number of ether oxygens (including phenoxy) is 1. The molecule has 0 radical (unpaired) electrons. The number of aliphatic hydroxyl groups is 3. The largest absolute Gasteiger partial charge is 0.444 e. The molecule has 0 bridgehead atoms. The zero-order valence-electron chi connectivity index (χ0n) is 13.5. The van der Waals surface area contributed by atoms with E-state index in [0.29, 0.717) is 16.1 Å². The number of alkyl carbamates (subject to hydrolysis) is 1. The molecular formula is C16H24ClNO5. The summed E-state index contributed by atoms with van der Waals surface area (Å²) in [7, 11) is 0. The topological polar surface area (TPSA) is 99.0 Å². The predicted molar refractivity (Wildman–Crippen MR) is 87.2 cm³/mol. The maximum atomic E-state index is 11.5. The highest BCUT2D eigenvalue weighted by atomic mass is 35.5. The van der Waals surface area contributed by atoms with E-state index in [4.69, 9.17) is 21.4 Å². The molecule has 0 saturated carbocycles. The third-order valence-electron chi connectivity index (χ3n) is 3.03. The minimum absolute atomic E-state index is 0.125. The standard InChI is InChI=1S/C16H24ClNO5/c1-16(2,3)23-15(22)18-7-6-13(20)14(21)11-8-10(9-19)4-5-12(11)17/h4-5,8,13-14,19-21H,6-7,9H2,1-3H3,(H,18,22). The van der Waals surface area contributed by atoms with Gasteiger partial charge in [-0.1, -0.05) is 17.7 Å². The maximum absolute atomic E-state index is 11.5. The molecule has 6 nitrogen and oxygen atoms in total. The number of nitrogens with one attached hydrogen (secondary N) is 1. The highest BCUT2D eigenvalue weighted by Gasteiger charge is 2.22. The van der Waals surface area contributed by atoms with E-state index in [1.54, 1.807) is 32.9 Å². The van der Waals surface area contributed by atoms with Crippen molar-refractivity contribution < 1.29 is 24.9 Å². The summed E-state index contributed by atoms with van der Waals surface area (Å²) in [4.78, 5) is 11.5. The Hall–Kier alpha value is -1.34. The van der Waals surface area contributed by atoms with E-state index in [1.807, 2.05) is 0 Å². The van der Waals surface area contributed by atoms with Crippen LogP contribution in [-0.4, -0.2) is 39.7 Å². The summed E-state index contributed by atoms with van der Waals surface area (Å²) in [6, 6.07) is 4.73. The third-order valence-corrected chi connectivity index (χ3v) is 3.38. The lowest BCUT2D eigenvalue weighted by molar-refractivity contribution is 0.0123. The molecule has 0 saturated heterocycles. The second kappa shape index (κ2) is 8.49. The third kappa shape index (κ3) is 6.74. The molecule has 2 atom stereocenters. The molecule has 0 heterocycles. The van der Waals surface area contributed by atoms with E-state index in [-0.39, 0.29) is 19.6 Å². The average Bonchev–Trinajstić information content (AvgIpc) is 2.45. The van der Waals surface area contributed by atoms with Crippen molar-refractivity contribution >= 4 is 17.7 Å². The van der Waals surface area contributed by atoms with Gasteiger partial charge in [0.15, 0.2) is 0 Å². The molecule has 0 aliphatic rings. The fourth-order valence-electron chi connectivity index (χ4n) is 1.92. The molecule has 1 amide bonds. The van der Waals surface area contributed by atoms with Gasteiger partial charge in [-0.15, -0.1) is 0 Å². The Labute approximate surface area is 141 Å². The van der Waals surface area contributed by atoms with Gasteiger partial charge in [0.2, 0.25) is 0 Å². The molecule has 1 rings (SSSR count). The van der Waals surface area contributed by atoms with E-state index in [0.717, 1.165) is 0 Å². The number of carbonyl (C=O) groups is 1. The van der Waals surface area contributed by atoms with Gasteiger partial charge in [-0.3, -0.25) is 0 Å². The van der Waals surface area contributed by atoms with Gasteiger partial charge < -0.3 is 25.4 Å². The quantitative estimate of drug-likeness (QED) is 0.633. The van der Waals surface area contributed by atoms with Crippen LogP contribution >= 0.6 is 11.6 Å². The minimum atomic E-state index is -1.21. The van der Waals surface area contributed by atoms with Crippen molar-refractivity contribution in [3.05, 3.63) is 34.3 Å². The molecule has 130 valence electrons. The molecule has 23 heavy (non-hydrogen) atoms. The highest BCUT2D eigenvalue weighted by Crippen LogP contribution is 2.27. The number of rotatable bonds is 6. The Kier molecular flexibility index (Phi) is 7.28. The van der Waals surface area contributed by atoms with Gasteiger partial charge in [0.05, 0.1) is 12.7 Å². The van der Waals surface area contributed by atoms with Crippen molar-refractivity contribution in [2.75, 3.05) is 6.54 Å². The molecule has 0 fully saturated rings. The van der Waals surface area contributed by atoms with Crippen LogP contribution in [0.4, 0.5) is 4.79 Å². The summed E-state index contributed by atoms with van der Waals surface area (Å²) in [6.45, 7) is 5.21. The number of halogens is 1. The van der Waals surface area contributed by atoms with Crippen LogP contribution in [0.15, 0.2) is 18.2 Å². The summed E-state index contributed by atoms with van der Waals surface area (Å²) in [6.07, 6.45) is -2.79.